The first-order valence-electron chi connectivity index (χ1n) is 9.11. The van der Waals surface area contributed by atoms with E-state index in [-0.39, 0.29) is 6.10 Å². The molecule has 0 aromatic heterocycles. The minimum Gasteiger partial charge on any atom is -0.413 e. The summed E-state index contributed by atoms with van der Waals surface area (Å²) < 4.78 is 6.88. The van der Waals surface area contributed by atoms with Crippen molar-refractivity contribution in [3.05, 3.63) is 0 Å². The molecule has 0 radical (unpaired) electrons. The Morgan fingerprint density at radius 2 is 1.33 bits per heavy atom. The van der Waals surface area contributed by atoms with Crippen LogP contribution in [0.25, 0.3) is 0 Å². The van der Waals surface area contributed by atoms with E-state index in [2.05, 4.69) is 48.5 Å². The second kappa shape index (κ2) is 8.12. The molecule has 2 nitrogen and oxygen atoms in total. The van der Waals surface area contributed by atoms with Crippen molar-refractivity contribution in [2.75, 3.05) is 0 Å². The van der Waals surface area contributed by atoms with Crippen LogP contribution in [0.1, 0.15) is 80.6 Å². The van der Waals surface area contributed by atoms with E-state index in [4.69, 9.17) is 4.43 Å². The van der Waals surface area contributed by atoms with Crippen LogP contribution in [-0.4, -0.2) is 25.6 Å². The molecule has 0 saturated heterocycles. The summed E-state index contributed by atoms with van der Waals surface area (Å²) in [5.41, 5.74) is 1.99. The van der Waals surface area contributed by atoms with Crippen molar-refractivity contribution in [3.8, 4) is 0 Å². The van der Waals surface area contributed by atoms with Gasteiger partial charge in [0.2, 0.25) is 8.32 Å². The minimum atomic E-state index is -1.73. The lowest BCUT2D eigenvalue weighted by atomic mass is 9.83. The highest BCUT2D eigenvalue weighted by molar-refractivity contribution is 6.77. The van der Waals surface area contributed by atoms with Crippen molar-refractivity contribution >= 4 is 8.32 Å². The molecule has 0 heterocycles. The standard InChI is InChI=1S/C18H38O2Si/c1-8-18(19)16-9-11-17(12-10-16)20-21(13(2)3,14(4)5)15(6)7/h13-19H,8-12H2,1-7H3. The van der Waals surface area contributed by atoms with Gasteiger partial charge in [-0.25, -0.2) is 0 Å². The van der Waals surface area contributed by atoms with Gasteiger partial charge in [-0.05, 0) is 54.6 Å². The molecule has 1 unspecified atom stereocenters. The molecular formula is C18H38O2Si. The van der Waals surface area contributed by atoms with E-state index in [1.807, 2.05) is 0 Å². The lowest BCUT2D eigenvalue weighted by molar-refractivity contribution is 0.0427. The Morgan fingerprint density at radius 3 is 1.67 bits per heavy atom. The van der Waals surface area contributed by atoms with E-state index in [0.29, 0.717) is 28.6 Å². The van der Waals surface area contributed by atoms with Gasteiger partial charge in [-0.15, -0.1) is 0 Å². The number of aliphatic hydroxyl groups is 1. The Labute approximate surface area is 133 Å². The molecule has 1 rings (SSSR count). The maximum Gasteiger partial charge on any atom is 0.200 e. The van der Waals surface area contributed by atoms with Gasteiger partial charge in [0.15, 0.2) is 0 Å². The van der Waals surface area contributed by atoms with E-state index >= 15 is 0 Å². The molecule has 1 aliphatic carbocycles. The highest BCUT2D eigenvalue weighted by Crippen LogP contribution is 2.44. The molecule has 0 spiro atoms. The second-order valence-corrected chi connectivity index (χ2v) is 13.4. The van der Waals surface area contributed by atoms with Gasteiger partial charge in [0.05, 0.1) is 6.10 Å². The van der Waals surface area contributed by atoms with Crippen LogP contribution >= 0.6 is 0 Å². The Hall–Kier alpha value is 0.137. The van der Waals surface area contributed by atoms with E-state index in [1.54, 1.807) is 0 Å². The Kier molecular flexibility index (Phi) is 7.42. The molecule has 0 aliphatic heterocycles. The van der Waals surface area contributed by atoms with E-state index < -0.39 is 8.32 Å². The van der Waals surface area contributed by atoms with Crippen molar-refractivity contribution < 1.29 is 9.53 Å². The Morgan fingerprint density at radius 1 is 0.905 bits per heavy atom. The monoisotopic (exact) mass is 314 g/mol. The average Bonchev–Trinajstić information content (AvgIpc) is 2.43. The van der Waals surface area contributed by atoms with E-state index in [9.17, 15) is 5.11 Å². The highest BCUT2D eigenvalue weighted by Gasteiger charge is 2.47. The molecule has 126 valence electrons. The quantitative estimate of drug-likeness (QED) is 0.628. The van der Waals surface area contributed by atoms with Crippen LogP contribution in [0, 0.1) is 5.92 Å². The summed E-state index contributed by atoms with van der Waals surface area (Å²) >= 11 is 0. The third-order valence-electron chi connectivity index (χ3n) is 5.76. The van der Waals surface area contributed by atoms with Gasteiger partial charge < -0.3 is 9.53 Å². The first kappa shape index (κ1) is 19.2. The SMILES string of the molecule is CCC(O)C1CCC(O[Si](C(C)C)(C(C)C)C(C)C)CC1. The molecule has 0 aromatic carbocycles. The summed E-state index contributed by atoms with van der Waals surface area (Å²) in [6.07, 6.45) is 5.78. The summed E-state index contributed by atoms with van der Waals surface area (Å²) in [4.78, 5) is 0. The van der Waals surface area contributed by atoms with Gasteiger partial charge in [0.25, 0.3) is 0 Å². The molecule has 0 amide bonds. The molecule has 1 N–H and O–H groups in total. The van der Waals surface area contributed by atoms with Crippen molar-refractivity contribution in [1.82, 2.24) is 0 Å². The molecular weight excluding hydrogens is 276 g/mol. The Balaban J connectivity index is 2.70. The van der Waals surface area contributed by atoms with Crippen molar-refractivity contribution in [3.63, 3.8) is 0 Å². The average molecular weight is 315 g/mol. The zero-order chi connectivity index (χ0) is 16.2. The van der Waals surface area contributed by atoms with Crippen molar-refractivity contribution in [1.29, 1.82) is 0 Å². The fourth-order valence-electron chi connectivity index (χ4n) is 4.62. The number of rotatable bonds is 7. The normalized spacial score (nSPS) is 25.9. The van der Waals surface area contributed by atoms with Crippen LogP contribution in [0.15, 0.2) is 0 Å². The van der Waals surface area contributed by atoms with Crippen LogP contribution < -0.4 is 0 Å². The van der Waals surface area contributed by atoms with Crippen LogP contribution in [0.3, 0.4) is 0 Å². The van der Waals surface area contributed by atoms with Gasteiger partial charge in [-0.2, -0.15) is 0 Å². The molecule has 1 saturated carbocycles. The molecule has 0 bridgehead atoms. The largest absolute Gasteiger partial charge is 0.413 e. The van der Waals surface area contributed by atoms with Crippen LogP contribution in [0.2, 0.25) is 16.6 Å². The lowest BCUT2D eigenvalue weighted by Crippen LogP contribution is -2.50. The summed E-state index contributed by atoms with van der Waals surface area (Å²) in [6.45, 7) is 16.2. The predicted octanol–water partition coefficient (Wildman–Crippen LogP) is 5.51. The molecule has 21 heavy (non-hydrogen) atoms. The topological polar surface area (TPSA) is 29.5 Å². The molecule has 1 aliphatic rings. The fourth-order valence-corrected chi connectivity index (χ4v) is 10.3. The second-order valence-electron chi connectivity index (χ2n) is 7.95. The number of aliphatic hydroxyl groups excluding tert-OH is 1. The van der Waals surface area contributed by atoms with Gasteiger partial charge >= 0.3 is 0 Å². The summed E-state index contributed by atoms with van der Waals surface area (Å²) in [7, 11) is -1.73. The van der Waals surface area contributed by atoms with Gasteiger partial charge in [0, 0.05) is 6.10 Å². The zero-order valence-corrected chi connectivity index (χ0v) is 16.4. The highest BCUT2D eigenvalue weighted by atomic mass is 28.4. The third kappa shape index (κ3) is 4.32. The third-order valence-corrected chi connectivity index (χ3v) is 11.9. The summed E-state index contributed by atoms with van der Waals surface area (Å²) in [6, 6.07) is 0. The minimum absolute atomic E-state index is 0.103. The predicted molar refractivity (Wildman–Crippen MR) is 94.2 cm³/mol. The number of hydrogen-bond donors (Lipinski definition) is 1. The van der Waals surface area contributed by atoms with Gasteiger partial charge in [-0.3, -0.25) is 0 Å². The summed E-state index contributed by atoms with van der Waals surface area (Å²) in [5.74, 6) is 0.503. The van der Waals surface area contributed by atoms with Crippen LogP contribution in [0.5, 0.6) is 0 Å². The first-order chi connectivity index (χ1) is 9.75. The molecule has 1 atom stereocenters. The van der Waals surface area contributed by atoms with E-state index in [0.717, 1.165) is 32.1 Å². The van der Waals surface area contributed by atoms with E-state index in [1.165, 1.54) is 0 Å². The van der Waals surface area contributed by atoms with Crippen molar-refractivity contribution in [2.24, 2.45) is 5.92 Å². The van der Waals surface area contributed by atoms with Crippen LogP contribution in [0.4, 0.5) is 0 Å². The van der Waals surface area contributed by atoms with Gasteiger partial charge in [0.1, 0.15) is 0 Å². The maximum absolute atomic E-state index is 10.0. The number of hydrogen-bond acceptors (Lipinski definition) is 2. The smallest absolute Gasteiger partial charge is 0.200 e. The Bertz CT molecular complexity index is 272. The lowest BCUT2D eigenvalue weighted by Gasteiger charge is -2.46. The van der Waals surface area contributed by atoms with Crippen molar-refractivity contribution in [2.45, 2.75) is 109 Å². The zero-order valence-electron chi connectivity index (χ0n) is 15.4. The molecule has 3 heteroatoms. The fraction of sp³-hybridized carbons (Fsp3) is 1.00. The van der Waals surface area contributed by atoms with Gasteiger partial charge in [-0.1, -0.05) is 48.5 Å². The van der Waals surface area contributed by atoms with Crippen LogP contribution in [-0.2, 0) is 4.43 Å². The molecule has 1 fully saturated rings. The summed E-state index contributed by atoms with van der Waals surface area (Å²) in [5, 5.41) is 10.0. The maximum atomic E-state index is 10.0. The molecule has 0 aromatic rings. The first-order valence-corrected chi connectivity index (χ1v) is 11.3.